The van der Waals surface area contributed by atoms with Crippen molar-refractivity contribution < 1.29 is 15.0 Å². The number of carboxylic acids is 1. The number of hydrogen-bond donors (Lipinski definition) is 3. The lowest BCUT2D eigenvalue weighted by atomic mass is 9.98. The van der Waals surface area contributed by atoms with E-state index in [1.165, 1.54) is 6.33 Å². The molecule has 0 spiro atoms. The molecule has 7 nitrogen and oxygen atoms in total. The second kappa shape index (κ2) is 7.59. The smallest absolute Gasteiger partial charge is 0.303 e. The predicted octanol–water partition coefficient (Wildman–Crippen LogP) is 1.88. The van der Waals surface area contributed by atoms with Gasteiger partial charge in [0, 0.05) is 24.6 Å². The molecule has 1 aliphatic rings. The van der Waals surface area contributed by atoms with Crippen molar-refractivity contribution in [2.24, 2.45) is 0 Å². The van der Waals surface area contributed by atoms with Gasteiger partial charge in [-0.05, 0) is 39.5 Å². The SMILES string of the molecule is CC(C)(CCC(=O)O)Nc1cc(N2CCCCC2CO)ncn1. The topological polar surface area (TPSA) is 98.6 Å². The van der Waals surface area contributed by atoms with E-state index in [-0.39, 0.29) is 24.6 Å². The lowest BCUT2D eigenvalue weighted by Gasteiger charge is -2.35. The van der Waals surface area contributed by atoms with Gasteiger partial charge in [-0.25, -0.2) is 9.97 Å². The number of nitrogens with one attached hydrogen (secondary N) is 1. The first kappa shape index (κ1) is 17.5. The van der Waals surface area contributed by atoms with E-state index >= 15 is 0 Å². The highest BCUT2D eigenvalue weighted by molar-refractivity contribution is 5.66. The zero-order chi connectivity index (χ0) is 16.9. The molecule has 0 saturated carbocycles. The molecule has 1 fully saturated rings. The number of rotatable bonds is 7. The van der Waals surface area contributed by atoms with E-state index in [9.17, 15) is 9.90 Å². The maximum atomic E-state index is 10.7. The summed E-state index contributed by atoms with van der Waals surface area (Å²) < 4.78 is 0. The molecule has 23 heavy (non-hydrogen) atoms. The summed E-state index contributed by atoms with van der Waals surface area (Å²) in [5, 5.41) is 21.7. The van der Waals surface area contributed by atoms with Crippen molar-refractivity contribution in [2.75, 3.05) is 23.4 Å². The molecule has 7 heteroatoms. The van der Waals surface area contributed by atoms with Gasteiger partial charge in [0.2, 0.25) is 0 Å². The summed E-state index contributed by atoms with van der Waals surface area (Å²) in [7, 11) is 0. The summed E-state index contributed by atoms with van der Waals surface area (Å²) in [6.07, 6.45) is 5.30. The summed E-state index contributed by atoms with van der Waals surface area (Å²) in [6, 6.07) is 1.97. The fraction of sp³-hybridized carbons (Fsp3) is 0.688. The maximum absolute atomic E-state index is 10.7. The van der Waals surface area contributed by atoms with Crippen LogP contribution >= 0.6 is 0 Å². The number of piperidine rings is 1. The van der Waals surface area contributed by atoms with Gasteiger partial charge in [-0.1, -0.05) is 0 Å². The van der Waals surface area contributed by atoms with Crippen LogP contribution in [0.1, 0.15) is 46.0 Å². The molecule has 0 radical (unpaired) electrons. The van der Waals surface area contributed by atoms with E-state index < -0.39 is 5.97 Å². The van der Waals surface area contributed by atoms with Gasteiger partial charge in [-0.15, -0.1) is 0 Å². The molecule has 0 aliphatic carbocycles. The van der Waals surface area contributed by atoms with Crippen molar-refractivity contribution in [3.05, 3.63) is 12.4 Å². The van der Waals surface area contributed by atoms with Crippen LogP contribution in [0.3, 0.4) is 0 Å². The van der Waals surface area contributed by atoms with E-state index in [2.05, 4.69) is 20.2 Å². The van der Waals surface area contributed by atoms with Gasteiger partial charge < -0.3 is 20.4 Å². The van der Waals surface area contributed by atoms with Crippen molar-refractivity contribution >= 4 is 17.6 Å². The van der Waals surface area contributed by atoms with Crippen molar-refractivity contribution in [2.45, 2.75) is 57.5 Å². The van der Waals surface area contributed by atoms with Crippen LogP contribution in [0.4, 0.5) is 11.6 Å². The van der Waals surface area contributed by atoms with Crippen LogP contribution < -0.4 is 10.2 Å². The van der Waals surface area contributed by atoms with Crippen LogP contribution in [-0.2, 0) is 4.79 Å². The van der Waals surface area contributed by atoms with Gasteiger partial charge in [0.05, 0.1) is 12.6 Å². The summed E-state index contributed by atoms with van der Waals surface area (Å²) in [4.78, 5) is 21.4. The first-order chi connectivity index (χ1) is 10.9. The molecular weight excluding hydrogens is 296 g/mol. The van der Waals surface area contributed by atoms with Gasteiger partial charge in [0.1, 0.15) is 18.0 Å². The number of carbonyl (C=O) groups is 1. The first-order valence-electron chi connectivity index (χ1n) is 8.11. The summed E-state index contributed by atoms with van der Waals surface area (Å²) in [5.74, 6) is 0.672. The number of hydrogen-bond acceptors (Lipinski definition) is 6. The number of aliphatic hydroxyl groups excluding tert-OH is 1. The third-order valence-corrected chi connectivity index (χ3v) is 4.22. The van der Waals surface area contributed by atoms with E-state index in [0.29, 0.717) is 12.2 Å². The Kier molecular flexibility index (Phi) is 5.76. The van der Waals surface area contributed by atoms with E-state index in [0.717, 1.165) is 31.6 Å². The van der Waals surface area contributed by atoms with Crippen molar-refractivity contribution in [3.8, 4) is 0 Å². The third-order valence-electron chi connectivity index (χ3n) is 4.22. The van der Waals surface area contributed by atoms with Gasteiger partial charge >= 0.3 is 5.97 Å². The van der Waals surface area contributed by atoms with E-state index in [4.69, 9.17) is 5.11 Å². The van der Waals surface area contributed by atoms with Crippen molar-refractivity contribution in [1.82, 2.24) is 9.97 Å². The minimum Gasteiger partial charge on any atom is -0.481 e. The molecule has 0 amide bonds. The molecule has 1 aromatic rings. The molecule has 1 aromatic heterocycles. The minimum absolute atomic E-state index is 0.103. The highest BCUT2D eigenvalue weighted by atomic mass is 16.4. The van der Waals surface area contributed by atoms with Crippen LogP contribution in [-0.4, -0.2) is 50.9 Å². The molecule has 128 valence electrons. The van der Waals surface area contributed by atoms with E-state index in [1.807, 2.05) is 19.9 Å². The average molecular weight is 322 g/mol. The Labute approximate surface area is 136 Å². The quantitative estimate of drug-likeness (QED) is 0.705. The molecule has 1 saturated heterocycles. The van der Waals surface area contributed by atoms with Crippen molar-refractivity contribution in [1.29, 1.82) is 0 Å². The van der Waals surface area contributed by atoms with Crippen LogP contribution in [0, 0.1) is 0 Å². The zero-order valence-electron chi connectivity index (χ0n) is 13.8. The van der Waals surface area contributed by atoms with E-state index in [1.54, 1.807) is 0 Å². The average Bonchev–Trinajstić information content (AvgIpc) is 2.53. The van der Waals surface area contributed by atoms with Gasteiger partial charge in [0.15, 0.2) is 0 Å². The zero-order valence-corrected chi connectivity index (χ0v) is 13.8. The highest BCUT2D eigenvalue weighted by Gasteiger charge is 2.24. The standard InChI is InChI=1S/C16H26N4O3/c1-16(2,7-6-15(22)23)19-13-9-14(18-11-17-13)20-8-4-3-5-12(20)10-21/h9,11-12,21H,3-8,10H2,1-2H3,(H,22,23)(H,17,18,19). The molecular formula is C16H26N4O3. The molecule has 2 heterocycles. The Balaban J connectivity index is 2.08. The van der Waals surface area contributed by atoms with Gasteiger partial charge in [-0.3, -0.25) is 4.79 Å². The monoisotopic (exact) mass is 322 g/mol. The fourth-order valence-corrected chi connectivity index (χ4v) is 2.89. The van der Waals surface area contributed by atoms with Crippen LogP contribution in [0.15, 0.2) is 12.4 Å². The lowest BCUT2D eigenvalue weighted by Crippen LogP contribution is -2.42. The number of anilines is 2. The van der Waals surface area contributed by atoms with Gasteiger partial charge in [0.25, 0.3) is 0 Å². The predicted molar refractivity (Wildman–Crippen MR) is 88.7 cm³/mol. The Morgan fingerprint density at radius 3 is 2.91 bits per heavy atom. The summed E-state index contributed by atoms with van der Waals surface area (Å²) in [6.45, 7) is 4.91. The highest BCUT2D eigenvalue weighted by Crippen LogP contribution is 2.25. The number of aliphatic carboxylic acids is 1. The van der Waals surface area contributed by atoms with Crippen LogP contribution in [0.5, 0.6) is 0 Å². The molecule has 2 rings (SSSR count). The van der Waals surface area contributed by atoms with Crippen LogP contribution in [0.2, 0.25) is 0 Å². The maximum Gasteiger partial charge on any atom is 0.303 e. The van der Waals surface area contributed by atoms with Crippen LogP contribution in [0.25, 0.3) is 0 Å². The minimum atomic E-state index is -0.803. The number of aliphatic hydroxyl groups is 1. The molecule has 0 aromatic carbocycles. The number of carboxylic acid groups (broad SMARTS) is 1. The molecule has 1 unspecified atom stereocenters. The molecule has 0 bridgehead atoms. The Hall–Kier alpha value is -1.89. The summed E-state index contributed by atoms with van der Waals surface area (Å²) >= 11 is 0. The number of aromatic nitrogens is 2. The third kappa shape index (κ3) is 5.06. The number of nitrogens with zero attached hydrogens (tertiary/aromatic N) is 3. The molecule has 3 N–H and O–H groups in total. The lowest BCUT2D eigenvalue weighted by molar-refractivity contribution is -0.137. The first-order valence-corrected chi connectivity index (χ1v) is 8.11. The Morgan fingerprint density at radius 1 is 1.43 bits per heavy atom. The molecule has 1 aliphatic heterocycles. The Bertz CT molecular complexity index is 536. The molecule has 1 atom stereocenters. The summed E-state index contributed by atoms with van der Waals surface area (Å²) in [5.41, 5.74) is -0.373. The second-order valence-electron chi connectivity index (χ2n) is 6.69. The fourth-order valence-electron chi connectivity index (χ4n) is 2.89. The largest absolute Gasteiger partial charge is 0.481 e. The van der Waals surface area contributed by atoms with Gasteiger partial charge in [-0.2, -0.15) is 0 Å². The second-order valence-corrected chi connectivity index (χ2v) is 6.69. The van der Waals surface area contributed by atoms with Crippen molar-refractivity contribution in [3.63, 3.8) is 0 Å². The normalized spacial score (nSPS) is 18.7. The Morgan fingerprint density at radius 2 is 2.22 bits per heavy atom.